The van der Waals surface area contributed by atoms with E-state index in [1.807, 2.05) is 30.3 Å². The van der Waals surface area contributed by atoms with Crippen molar-refractivity contribution in [1.82, 2.24) is 5.43 Å². The van der Waals surface area contributed by atoms with Crippen LogP contribution in [-0.4, -0.2) is 23.8 Å². The summed E-state index contributed by atoms with van der Waals surface area (Å²) in [6.07, 6.45) is 1.41. The number of carbonyl (C=O) groups excluding carboxylic acids is 1. The highest BCUT2D eigenvalue weighted by Crippen LogP contribution is 2.25. The van der Waals surface area contributed by atoms with Crippen molar-refractivity contribution in [3.05, 3.63) is 42.0 Å². The van der Waals surface area contributed by atoms with Gasteiger partial charge >= 0.3 is 0 Å². The monoisotopic (exact) mass is 243 g/mol. The lowest BCUT2D eigenvalue weighted by Gasteiger charge is -2.04. The van der Waals surface area contributed by atoms with E-state index in [4.69, 9.17) is 5.73 Å². The lowest BCUT2D eigenvalue weighted by atomic mass is 10.0. The molecular formula is C13H13N3O2. The molecule has 0 unspecified atom stereocenters. The fourth-order valence-corrected chi connectivity index (χ4v) is 1.63. The summed E-state index contributed by atoms with van der Waals surface area (Å²) in [5, 5.41) is 15.4. The molecule has 4 N–H and O–H groups in total. The third-order valence-electron chi connectivity index (χ3n) is 2.52. The summed E-state index contributed by atoms with van der Waals surface area (Å²) in [6.45, 7) is -0.126. The van der Waals surface area contributed by atoms with Gasteiger partial charge in [-0.2, -0.15) is 5.10 Å². The number of benzene rings is 2. The first-order valence-corrected chi connectivity index (χ1v) is 5.45. The highest BCUT2D eigenvalue weighted by molar-refractivity contribution is 6.02. The number of nitrogens with two attached hydrogens (primary N) is 1. The summed E-state index contributed by atoms with van der Waals surface area (Å²) in [7, 11) is 0. The van der Waals surface area contributed by atoms with Gasteiger partial charge in [0.15, 0.2) is 0 Å². The first-order valence-electron chi connectivity index (χ1n) is 5.45. The number of amides is 1. The van der Waals surface area contributed by atoms with Crippen LogP contribution in [0.1, 0.15) is 5.56 Å². The van der Waals surface area contributed by atoms with E-state index in [2.05, 4.69) is 10.5 Å². The summed E-state index contributed by atoms with van der Waals surface area (Å²) < 4.78 is 0. The molecule has 0 bridgehead atoms. The fraction of sp³-hybridized carbons (Fsp3) is 0.0769. The predicted molar refractivity (Wildman–Crippen MR) is 70.4 cm³/mol. The molecule has 0 saturated heterocycles. The first-order chi connectivity index (χ1) is 8.72. The molecule has 0 aromatic heterocycles. The molecule has 1 amide bonds. The second-order valence-corrected chi connectivity index (χ2v) is 3.72. The Morgan fingerprint density at radius 2 is 2.11 bits per heavy atom. The molecule has 92 valence electrons. The molecule has 2 rings (SSSR count). The molecule has 0 saturated carbocycles. The zero-order chi connectivity index (χ0) is 13.0. The quantitative estimate of drug-likeness (QED) is 0.554. The van der Waals surface area contributed by atoms with Crippen LogP contribution in [0.3, 0.4) is 0 Å². The van der Waals surface area contributed by atoms with Crippen molar-refractivity contribution in [2.24, 2.45) is 10.8 Å². The summed E-state index contributed by atoms with van der Waals surface area (Å²) in [5.74, 6) is -0.273. The Hall–Kier alpha value is -2.40. The van der Waals surface area contributed by atoms with Gasteiger partial charge in [-0.15, -0.1) is 0 Å². The van der Waals surface area contributed by atoms with Crippen molar-refractivity contribution >= 4 is 22.9 Å². The molecule has 0 spiro atoms. The number of fused-ring (bicyclic) bond motifs is 1. The fourth-order valence-electron chi connectivity index (χ4n) is 1.63. The first kappa shape index (κ1) is 12.1. The van der Waals surface area contributed by atoms with E-state index in [0.717, 1.165) is 10.8 Å². The van der Waals surface area contributed by atoms with E-state index in [1.165, 1.54) is 6.21 Å². The van der Waals surface area contributed by atoms with Crippen LogP contribution in [0.25, 0.3) is 10.8 Å². The van der Waals surface area contributed by atoms with Crippen LogP contribution in [-0.2, 0) is 4.79 Å². The predicted octanol–water partition coefficient (Wildman–Crippen LogP) is 0.954. The van der Waals surface area contributed by atoms with Crippen molar-refractivity contribution < 1.29 is 9.90 Å². The Balaban J connectivity index is 2.37. The lowest BCUT2D eigenvalue weighted by Crippen LogP contribution is -2.26. The Bertz CT molecular complexity index is 608. The molecule has 0 atom stereocenters. The number of nitrogens with one attached hydrogen (secondary N) is 1. The molecule has 0 fully saturated rings. The Labute approximate surface area is 104 Å². The molecule has 0 aliphatic rings. The van der Waals surface area contributed by atoms with Crippen LogP contribution in [0.15, 0.2) is 41.5 Å². The normalized spacial score (nSPS) is 10.9. The highest BCUT2D eigenvalue weighted by Gasteiger charge is 2.04. The third kappa shape index (κ3) is 2.46. The highest BCUT2D eigenvalue weighted by atomic mass is 16.3. The van der Waals surface area contributed by atoms with Crippen LogP contribution in [0.2, 0.25) is 0 Å². The van der Waals surface area contributed by atoms with Crippen molar-refractivity contribution in [1.29, 1.82) is 0 Å². The molecule has 0 aliphatic carbocycles. The van der Waals surface area contributed by atoms with Crippen molar-refractivity contribution in [2.45, 2.75) is 0 Å². The number of hydrogen-bond donors (Lipinski definition) is 3. The van der Waals surface area contributed by atoms with Gasteiger partial charge in [0.25, 0.3) is 5.91 Å². The van der Waals surface area contributed by atoms with Crippen molar-refractivity contribution in [2.75, 3.05) is 6.54 Å². The average molecular weight is 243 g/mol. The Morgan fingerprint density at radius 1 is 1.33 bits per heavy atom. The van der Waals surface area contributed by atoms with Crippen LogP contribution in [0, 0.1) is 0 Å². The minimum Gasteiger partial charge on any atom is -0.507 e. The molecule has 0 heterocycles. The number of nitrogens with zero attached hydrogens (tertiary/aromatic N) is 1. The number of phenols is 1. The summed E-state index contributed by atoms with van der Waals surface area (Å²) >= 11 is 0. The largest absolute Gasteiger partial charge is 0.507 e. The number of phenolic OH excluding ortho intramolecular Hbond substituents is 1. The maximum Gasteiger partial charge on any atom is 0.253 e. The average Bonchev–Trinajstić information content (AvgIpc) is 2.41. The number of rotatable bonds is 3. The Kier molecular flexibility index (Phi) is 3.54. The minimum absolute atomic E-state index is 0.111. The Morgan fingerprint density at radius 3 is 2.89 bits per heavy atom. The third-order valence-corrected chi connectivity index (χ3v) is 2.52. The second kappa shape index (κ2) is 5.29. The van der Waals surface area contributed by atoms with E-state index < -0.39 is 0 Å². The number of carbonyl (C=O) groups is 1. The molecule has 0 radical (unpaired) electrons. The van der Waals surface area contributed by atoms with Crippen LogP contribution in [0.5, 0.6) is 5.75 Å². The standard InChI is InChI=1S/C13H13N3O2/c14-7-13(18)16-15-8-11-10-4-2-1-3-9(10)5-6-12(11)17/h1-6,8,17H,7,14H2,(H,16,18)/b15-8+. The molecule has 5 nitrogen and oxygen atoms in total. The van der Waals surface area contributed by atoms with E-state index in [9.17, 15) is 9.90 Å². The maximum atomic E-state index is 10.9. The van der Waals surface area contributed by atoms with Gasteiger partial charge in [-0.05, 0) is 16.8 Å². The van der Waals surface area contributed by atoms with E-state index in [-0.39, 0.29) is 18.2 Å². The summed E-state index contributed by atoms with van der Waals surface area (Å²) in [4.78, 5) is 10.9. The van der Waals surface area contributed by atoms with Crippen molar-refractivity contribution in [3.63, 3.8) is 0 Å². The van der Waals surface area contributed by atoms with Crippen LogP contribution < -0.4 is 11.2 Å². The van der Waals surface area contributed by atoms with Gasteiger partial charge in [-0.25, -0.2) is 5.43 Å². The molecule has 18 heavy (non-hydrogen) atoms. The zero-order valence-corrected chi connectivity index (χ0v) is 9.63. The molecule has 5 heteroatoms. The molecular weight excluding hydrogens is 230 g/mol. The zero-order valence-electron chi connectivity index (χ0n) is 9.63. The minimum atomic E-state index is -0.383. The smallest absolute Gasteiger partial charge is 0.253 e. The van der Waals surface area contributed by atoms with Gasteiger partial charge in [0.2, 0.25) is 0 Å². The summed E-state index contributed by atoms with van der Waals surface area (Å²) in [5.41, 5.74) is 7.96. The van der Waals surface area contributed by atoms with Gasteiger partial charge in [-0.3, -0.25) is 4.79 Å². The van der Waals surface area contributed by atoms with Crippen LogP contribution >= 0.6 is 0 Å². The van der Waals surface area contributed by atoms with Gasteiger partial charge in [0.05, 0.1) is 12.8 Å². The van der Waals surface area contributed by atoms with Crippen molar-refractivity contribution in [3.8, 4) is 5.75 Å². The van der Waals surface area contributed by atoms with E-state index in [0.29, 0.717) is 5.56 Å². The van der Waals surface area contributed by atoms with Gasteiger partial charge < -0.3 is 10.8 Å². The van der Waals surface area contributed by atoms with Gasteiger partial charge in [0, 0.05) is 5.56 Å². The van der Waals surface area contributed by atoms with E-state index in [1.54, 1.807) is 6.07 Å². The molecule has 2 aromatic carbocycles. The number of hydrazone groups is 1. The topological polar surface area (TPSA) is 87.7 Å². The van der Waals surface area contributed by atoms with Gasteiger partial charge in [-0.1, -0.05) is 30.3 Å². The van der Waals surface area contributed by atoms with Gasteiger partial charge in [0.1, 0.15) is 5.75 Å². The lowest BCUT2D eigenvalue weighted by molar-refractivity contribution is -0.119. The molecule has 2 aromatic rings. The summed E-state index contributed by atoms with van der Waals surface area (Å²) in [6, 6.07) is 11.0. The van der Waals surface area contributed by atoms with Crippen LogP contribution in [0.4, 0.5) is 0 Å². The van der Waals surface area contributed by atoms with E-state index >= 15 is 0 Å². The SMILES string of the molecule is NCC(=O)N/N=C/c1c(O)ccc2ccccc12. The number of hydrogen-bond acceptors (Lipinski definition) is 4. The second-order valence-electron chi connectivity index (χ2n) is 3.72. The molecule has 0 aliphatic heterocycles. The maximum absolute atomic E-state index is 10.9. The number of aromatic hydroxyl groups is 1.